The van der Waals surface area contributed by atoms with Crippen molar-refractivity contribution in [3.63, 3.8) is 0 Å². The Hall–Kier alpha value is -3.17. The second kappa shape index (κ2) is 11.1. The highest BCUT2D eigenvalue weighted by Gasteiger charge is 2.26. The van der Waals surface area contributed by atoms with Crippen LogP contribution in [0.2, 0.25) is 0 Å². The zero-order valence-corrected chi connectivity index (χ0v) is 19.5. The van der Waals surface area contributed by atoms with E-state index in [1.165, 1.54) is 47.8 Å². The number of methoxy groups -OCH3 is 2. The quantitative estimate of drug-likeness (QED) is 0.313. The predicted octanol–water partition coefficient (Wildman–Crippen LogP) is 3.32. The van der Waals surface area contributed by atoms with Crippen molar-refractivity contribution in [2.75, 3.05) is 33.9 Å². The third-order valence-corrected chi connectivity index (χ3v) is 7.23. The van der Waals surface area contributed by atoms with Crippen LogP contribution in [0.3, 0.4) is 0 Å². The first-order valence-electron chi connectivity index (χ1n) is 10.6. The molecule has 176 valence electrons. The van der Waals surface area contributed by atoms with Crippen LogP contribution in [0.25, 0.3) is 6.08 Å². The average molecular weight is 474 g/mol. The number of nitrogens with zero attached hydrogens (tertiary/aromatic N) is 1. The van der Waals surface area contributed by atoms with Crippen molar-refractivity contribution < 1.29 is 32.2 Å². The van der Waals surface area contributed by atoms with E-state index in [9.17, 15) is 18.0 Å². The van der Waals surface area contributed by atoms with Crippen molar-refractivity contribution in [2.24, 2.45) is 0 Å². The van der Waals surface area contributed by atoms with E-state index in [0.717, 1.165) is 19.3 Å². The van der Waals surface area contributed by atoms with E-state index in [1.54, 1.807) is 25.3 Å². The molecule has 0 amide bonds. The Morgan fingerprint density at radius 1 is 0.970 bits per heavy atom. The van der Waals surface area contributed by atoms with Crippen molar-refractivity contribution in [2.45, 2.75) is 24.2 Å². The monoisotopic (exact) mass is 473 g/mol. The first kappa shape index (κ1) is 24.5. The van der Waals surface area contributed by atoms with Crippen LogP contribution in [0, 0.1) is 0 Å². The van der Waals surface area contributed by atoms with Crippen LogP contribution in [0.15, 0.2) is 53.4 Å². The van der Waals surface area contributed by atoms with Crippen LogP contribution in [0.1, 0.15) is 35.2 Å². The highest BCUT2D eigenvalue weighted by molar-refractivity contribution is 7.89. The Kier molecular flexibility index (Phi) is 8.24. The Morgan fingerprint density at radius 3 is 2.30 bits per heavy atom. The minimum atomic E-state index is -3.56. The third kappa shape index (κ3) is 6.21. The van der Waals surface area contributed by atoms with E-state index in [0.29, 0.717) is 30.2 Å². The molecular weight excluding hydrogens is 446 g/mol. The smallest absolute Gasteiger partial charge is 0.331 e. The summed E-state index contributed by atoms with van der Waals surface area (Å²) in [6, 6.07) is 10.8. The average Bonchev–Trinajstić information content (AvgIpc) is 2.86. The normalized spacial score (nSPS) is 14.7. The van der Waals surface area contributed by atoms with Gasteiger partial charge in [-0.1, -0.05) is 6.42 Å². The number of ketones is 1. The van der Waals surface area contributed by atoms with Crippen molar-refractivity contribution in [3.8, 4) is 11.5 Å². The van der Waals surface area contributed by atoms with Crippen LogP contribution in [-0.4, -0.2) is 58.4 Å². The van der Waals surface area contributed by atoms with Gasteiger partial charge in [-0.2, -0.15) is 4.31 Å². The van der Waals surface area contributed by atoms with E-state index >= 15 is 0 Å². The lowest BCUT2D eigenvalue weighted by atomic mass is 10.1. The summed E-state index contributed by atoms with van der Waals surface area (Å²) in [6.45, 7) is 0.560. The molecule has 8 nitrogen and oxygen atoms in total. The van der Waals surface area contributed by atoms with E-state index in [-0.39, 0.29) is 10.5 Å². The Labute approximate surface area is 193 Å². The zero-order valence-electron chi connectivity index (χ0n) is 18.7. The number of esters is 1. The molecule has 0 radical (unpaired) electrons. The van der Waals surface area contributed by atoms with Gasteiger partial charge in [0.1, 0.15) is 11.5 Å². The lowest BCUT2D eigenvalue weighted by Crippen LogP contribution is -2.35. The first-order chi connectivity index (χ1) is 15.8. The van der Waals surface area contributed by atoms with Gasteiger partial charge in [-0.3, -0.25) is 4.79 Å². The molecule has 1 aliphatic rings. The number of hydrogen-bond donors (Lipinski definition) is 0. The number of Topliss-reactive ketones (excluding diaryl/α,β-unsaturated/α-hetero) is 1. The fourth-order valence-corrected chi connectivity index (χ4v) is 4.97. The van der Waals surface area contributed by atoms with Crippen molar-refractivity contribution in [3.05, 3.63) is 59.7 Å². The molecule has 0 saturated carbocycles. The number of benzene rings is 2. The molecule has 0 aromatic heterocycles. The van der Waals surface area contributed by atoms with E-state index < -0.39 is 28.4 Å². The van der Waals surface area contributed by atoms with Crippen molar-refractivity contribution in [1.82, 2.24) is 4.31 Å². The molecule has 2 aromatic carbocycles. The van der Waals surface area contributed by atoms with Crippen molar-refractivity contribution >= 4 is 27.9 Å². The van der Waals surface area contributed by atoms with Gasteiger partial charge in [0.15, 0.2) is 12.4 Å². The molecule has 1 fully saturated rings. The molecule has 1 heterocycles. The summed E-state index contributed by atoms with van der Waals surface area (Å²) >= 11 is 0. The summed E-state index contributed by atoms with van der Waals surface area (Å²) in [5, 5.41) is 0. The molecule has 3 rings (SSSR count). The minimum Gasteiger partial charge on any atom is -0.497 e. The standard InChI is InChI=1S/C24H27NO7S/c1-30-20-10-6-19(23(16-20)31-2)9-13-24(27)32-17-22(26)18-7-11-21(12-8-18)33(28,29)25-14-4-3-5-15-25/h6-13,16H,3-5,14-15,17H2,1-2H3/b13-9+. The summed E-state index contributed by atoms with van der Waals surface area (Å²) in [4.78, 5) is 24.5. The molecule has 0 bridgehead atoms. The van der Waals surface area contributed by atoms with Crippen LogP contribution in [0.5, 0.6) is 11.5 Å². The first-order valence-corrected chi connectivity index (χ1v) is 12.0. The second-order valence-corrected chi connectivity index (χ2v) is 9.40. The molecule has 1 saturated heterocycles. The second-order valence-electron chi connectivity index (χ2n) is 7.46. The minimum absolute atomic E-state index is 0.148. The molecule has 0 spiro atoms. The number of rotatable bonds is 9. The molecule has 9 heteroatoms. The molecule has 0 N–H and O–H groups in total. The SMILES string of the molecule is COc1ccc(/C=C/C(=O)OCC(=O)c2ccc(S(=O)(=O)N3CCCCC3)cc2)c(OC)c1. The van der Waals surface area contributed by atoms with Gasteiger partial charge in [-0.25, -0.2) is 13.2 Å². The lowest BCUT2D eigenvalue weighted by Gasteiger charge is -2.25. The van der Waals surface area contributed by atoms with Gasteiger partial charge in [-0.05, 0) is 55.3 Å². The molecule has 33 heavy (non-hydrogen) atoms. The van der Waals surface area contributed by atoms with E-state index in [2.05, 4.69) is 0 Å². The maximum atomic E-state index is 12.7. The number of hydrogen-bond acceptors (Lipinski definition) is 7. The maximum Gasteiger partial charge on any atom is 0.331 e. The number of carbonyl (C=O) groups is 2. The fourth-order valence-electron chi connectivity index (χ4n) is 3.45. The molecule has 0 aliphatic carbocycles. The predicted molar refractivity (Wildman–Crippen MR) is 123 cm³/mol. The van der Waals surface area contributed by atoms with E-state index in [1.807, 2.05) is 0 Å². The molecule has 0 unspecified atom stereocenters. The van der Waals surface area contributed by atoms with Crippen LogP contribution >= 0.6 is 0 Å². The van der Waals surface area contributed by atoms with E-state index in [4.69, 9.17) is 14.2 Å². The third-order valence-electron chi connectivity index (χ3n) is 5.31. The number of piperidine rings is 1. The fraction of sp³-hybridized carbons (Fsp3) is 0.333. The largest absolute Gasteiger partial charge is 0.497 e. The van der Waals surface area contributed by atoms with Crippen LogP contribution in [0.4, 0.5) is 0 Å². The van der Waals surface area contributed by atoms with Crippen molar-refractivity contribution in [1.29, 1.82) is 0 Å². The maximum absolute atomic E-state index is 12.7. The van der Waals surface area contributed by atoms with Gasteiger partial charge in [0.05, 0.1) is 19.1 Å². The Morgan fingerprint density at radius 2 is 1.67 bits per heavy atom. The summed E-state index contributed by atoms with van der Waals surface area (Å²) < 4.78 is 42.3. The summed E-state index contributed by atoms with van der Waals surface area (Å²) in [5.74, 6) is 0.0206. The van der Waals surface area contributed by atoms with Gasteiger partial charge in [0.2, 0.25) is 10.0 Å². The molecular formula is C24H27NO7S. The van der Waals surface area contributed by atoms with Gasteiger partial charge in [-0.15, -0.1) is 0 Å². The van der Waals surface area contributed by atoms with Crippen LogP contribution < -0.4 is 9.47 Å². The number of carbonyl (C=O) groups excluding carboxylic acids is 2. The van der Waals surface area contributed by atoms with Gasteiger partial charge < -0.3 is 14.2 Å². The zero-order chi connectivity index (χ0) is 23.8. The topological polar surface area (TPSA) is 99.2 Å². The molecule has 1 aliphatic heterocycles. The van der Waals surface area contributed by atoms with Crippen LogP contribution in [-0.2, 0) is 19.6 Å². The molecule has 0 atom stereocenters. The molecule has 2 aromatic rings. The Bertz CT molecular complexity index is 1120. The van der Waals surface area contributed by atoms with Gasteiger partial charge >= 0.3 is 5.97 Å². The Balaban J connectivity index is 1.57. The highest BCUT2D eigenvalue weighted by Crippen LogP contribution is 2.25. The number of ether oxygens (including phenoxy) is 3. The van der Waals surface area contributed by atoms with Gasteiger partial charge in [0.25, 0.3) is 0 Å². The van der Waals surface area contributed by atoms with Gasteiger partial charge in [0, 0.05) is 36.4 Å². The highest BCUT2D eigenvalue weighted by atomic mass is 32.2. The lowest BCUT2D eigenvalue weighted by molar-refractivity contribution is -0.136. The summed E-state index contributed by atoms with van der Waals surface area (Å²) in [5.41, 5.74) is 0.910. The summed E-state index contributed by atoms with van der Waals surface area (Å²) in [7, 11) is -0.517. The number of sulfonamides is 1. The summed E-state index contributed by atoms with van der Waals surface area (Å²) in [6.07, 6.45) is 5.44.